The third-order valence-corrected chi connectivity index (χ3v) is 6.81. The molecule has 5 aliphatic heterocycles. The van der Waals surface area contributed by atoms with E-state index in [2.05, 4.69) is 5.32 Å². The number of thioether (sulfide) groups is 2. The van der Waals surface area contributed by atoms with Gasteiger partial charge in [-0.2, -0.15) is 0 Å². The lowest BCUT2D eigenvalue weighted by molar-refractivity contribution is -0.123. The average molecular weight is 426 g/mol. The van der Waals surface area contributed by atoms with Crippen LogP contribution in [-0.2, 0) is 9.59 Å². The van der Waals surface area contributed by atoms with Crippen LogP contribution in [0.25, 0.3) is 0 Å². The van der Waals surface area contributed by atoms with E-state index in [1.807, 2.05) is 24.3 Å². The van der Waals surface area contributed by atoms with Gasteiger partial charge in [-0.3, -0.25) is 14.5 Å². The van der Waals surface area contributed by atoms with Crippen LogP contribution in [0.1, 0.15) is 22.0 Å². The fourth-order valence-corrected chi connectivity index (χ4v) is 5.18. The standard InChI is InChI=1S/C20H14N2O5S2/c23-16-9-28-17(21-16)8-13(10-1-3-11(4-2-10)19(25)26)22-14-7-12-5-6-15(14)27-20(29-12)18(22)24/h1-8,13,20H,9H2,(H,21,23)(H,25,26)/b17-8-. The van der Waals surface area contributed by atoms with Crippen molar-refractivity contribution in [2.24, 2.45) is 0 Å². The zero-order valence-corrected chi connectivity index (χ0v) is 16.5. The summed E-state index contributed by atoms with van der Waals surface area (Å²) >= 11 is 2.73. The summed E-state index contributed by atoms with van der Waals surface area (Å²) in [7, 11) is 0. The van der Waals surface area contributed by atoms with Gasteiger partial charge in [-0.15, -0.1) is 0 Å². The fraction of sp³-hybridized carbons (Fsp3) is 0.150. The molecule has 2 N–H and O–H groups in total. The average Bonchev–Trinajstić information content (AvgIpc) is 2.88. The molecule has 2 aromatic rings. The summed E-state index contributed by atoms with van der Waals surface area (Å²) in [5.41, 5.74) is 0.883. The predicted octanol–water partition coefficient (Wildman–Crippen LogP) is 2.99. The van der Waals surface area contributed by atoms with E-state index in [0.717, 1.165) is 10.5 Å². The highest BCUT2D eigenvalue weighted by atomic mass is 32.2. The van der Waals surface area contributed by atoms with Gasteiger partial charge in [0.15, 0.2) is 0 Å². The van der Waals surface area contributed by atoms with Crippen LogP contribution >= 0.6 is 23.5 Å². The van der Waals surface area contributed by atoms with E-state index in [4.69, 9.17) is 4.74 Å². The fourth-order valence-electron chi connectivity index (χ4n) is 3.47. The quantitative estimate of drug-likeness (QED) is 0.776. The lowest BCUT2D eigenvalue weighted by Gasteiger charge is -2.36. The Balaban J connectivity index is 1.62. The normalized spacial score (nSPS) is 21.9. The molecule has 2 atom stereocenters. The molecular formula is C20H14N2O5S2. The molecule has 7 nitrogen and oxygen atoms in total. The Bertz CT molecular complexity index is 1080. The smallest absolute Gasteiger partial charge is 0.335 e. The van der Waals surface area contributed by atoms with E-state index < -0.39 is 17.4 Å². The van der Waals surface area contributed by atoms with Crippen molar-refractivity contribution in [3.8, 4) is 5.75 Å². The lowest BCUT2D eigenvalue weighted by atomic mass is 10.0. The molecule has 0 saturated carbocycles. The SMILES string of the molecule is O=C1CS/C(=C\C(c2ccc(C(=O)O)cc2)N2C(=O)C3Oc4ccc(cc42)S3)N1. The Hall–Kier alpha value is -2.91. The minimum absolute atomic E-state index is 0.0880. The highest BCUT2D eigenvalue weighted by Crippen LogP contribution is 2.48. The number of nitrogens with one attached hydrogen (secondary N) is 1. The number of carbonyl (C=O) groups excluding carboxylic acids is 2. The van der Waals surface area contributed by atoms with Gasteiger partial charge >= 0.3 is 5.97 Å². The summed E-state index contributed by atoms with van der Waals surface area (Å²) in [5, 5.41) is 12.7. The van der Waals surface area contributed by atoms with Gasteiger partial charge in [-0.25, -0.2) is 4.79 Å². The van der Waals surface area contributed by atoms with Gasteiger partial charge in [-0.1, -0.05) is 35.7 Å². The van der Waals surface area contributed by atoms with Crippen molar-refractivity contribution in [1.29, 1.82) is 0 Å². The molecule has 5 heterocycles. The highest BCUT2D eigenvalue weighted by molar-refractivity contribution is 8.04. The summed E-state index contributed by atoms with van der Waals surface area (Å²) < 4.78 is 5.81. The second-order valence-electron chi connectivity index (χ2n) is 6.65. The summed E-state index contributed by atoms with van der Waals surface area (Å²) in [6.45, 7) is 0. The highest BCUT2D eigenvalue weighted by Gasteiger charge is 2.42. The summed E-state index contributed by atoms with van der Waals surface area (Å²) in [6.07, 6.45) is 1.83. The topological polar surface area (TPSA) is 95.9 Å². The molecule has 1 fully saturated rings. The monoisotopic (exact) mass is 426 g/mol. The van der Waals surface area contributed by atoms with E-state index in [1.165, 1.54) is 35.7 Å². The first-order valence-corrected chi connectivity index (χ1v) is 10.6. The van der Waals surface area contributed by atoms with Gasteiger partial charge < -0.3 is 15.2 Å². The van der Waals surface area contributed by atoms with Crippen LogP contribution in [0.15, 0.2) is 58.5 Å². The zero-order chi connectivity index (χ0) is 20.1. The second kappa shape index (κ2) is 6.85. The molecule has 7 rings (SSSR count). The van der Waals surface area contributed by atoms with E-state index >= 15 is 0 Å². The maximum Gasteiger partial charge on any atom is 0.335 e. The molecule has 2 amide bonds. The van der Waals surface area contributed by atoms with Gasteiger partial charge in [-0.05, 0) is 42.0 Å². The molecule has 9 heteroatoms. The number of benzene rings is 2. The largest absolute Gasteiger partial charge is 0.478 e. The van der Waals surface area contributed by atoms with Crippen LogP contribution in [-0.4, -0.2) is 34.1 Å². The number of aromatic carboxylic acids is 1. The molecule has 2 aromatic carbocycles. The van der Waals surface area contributed by atoms with Gasteiger partial charge in [0.1, 0.15) is 5.75 Å². The number of carboxylic acid groups (broad SMARTS) is 1. The van der Waals surface area contributed by atoms with Crippen molar-refractivity contribution < 1.29 is 24.2 Å². The number of nitrogens with zero attached hydrogens (tertiary/aromatic N) is 1. The van der Waals surface area contributed by atoms with Gasteiger partial charge in [0.2, 0.25) is 11.3 Å². The van der Waals surface area contributed by atoms with Gasteiger partial charge in [0, 0.05) is 4.90 Å². The number of hydrogen-bond acceptors (Lipinski definition) is 6. The van der Waals surface area contributed by atoms with Crippen LogP contribution in [0.3, 0.4) is 0 Å². The number of anilines is 1. The second-order valence-corrected chi connectivity index (χ2v) is 8.80. The van der Waals surface area contributed by atoms with Crippen molar-refractivity contribution in [1.82, 2.24) is 5.32 Å². The molecule has 4 bridgehead atoms. The molecule has 146 valence electrons. The number of hydrogen-bond donors (Lipinski definition) is 2. The third kappa shape index (κ3) is 3.16. The van der Waals surface area contributed by atoms with Gasteiger partial charge in [0.25, 0.3) is 5.91 Å². The number of ether oxygens (including phenoxy) is 1. The molecule has 0 spiro atoms. The Kier molecular flexibility index (Phi) is 4.29. The number of carbonyl (C=O) groups is 3. The first-order valence-electron chi connectivity index (χ1n) is 8.78. The van der Waals surface area contributed by atoms with Crippen molar-refractivity contribution in [2.45, 2.75) is 16.4 Å². The maximum atomic E-state index is 13.2. The Morgan fingerprint density at radius 1 is 1.24 bits per heavy atom. The molecular weight excluding hydrogens is 412 g/mol. The van der Waals surface area contributed by atoms with Crippen LogP contribution in [0, 0.1) is 0 Å². The van der Waals surface area contributed by atoms with Crippen molar-refractivity contribution in [2.75, 3.05) is 10.7 Å². The van der Waals surface area contributed by atoms with Crippen LogP contribution in [0.4, 0.5) is 5.69 Å². The predicted molar refractivity (Wildman–Crippen MR) is 109 cm³/mol. The van der Waals surface area contributed by atoms with Crippen LogP contribution in [0.2, 0.25) is 0 Å². The molecule has 29 heavy (non-hydrogen) atoms. The lowest BCUT2D eigenvalue weighted by Crippen LogP contribution is -2.45. The zero-order valence-electron chi connectivity index (χ0n) is 14.8. The number of carboxylic acids is 1. The minimum atomic E-state index is -1.02. The first-order chi connectivity index (χ1) is 14.0. The van der Waals surface area contributed by atoms with E-state index in [1.54, 1.807) is 17.0 Å². The minimum Gasteiger partial charge on any atom is -0.478 e. The van der Waals surface area contributed by atoms with E-state index in [0.29, 0.717) is 22.2 Å². The summed E-state index contributed by atoms with van der Waals surface area (Å²) in [4.78, 5) is 38.7. The summed E-state index contributed by atoms with van der Waals surface area (Å²) in [5.74, 6) is -0.349. The summed E-state index contributed by atoms with van der Waals surface area (Å²) in [6, 6.07) is 11.6. The van der Waals surface area contributed by atoms with Crippen molar-refractivity contribution in [3.63, 3.8) is 0 Å². The van der Waals surface area contributed by atoms with Gasteiger partial charge in [0.05, 0.1) is 28.1 Å². The Morgan fingerprint density at radius 3 is 2.72 bits per heavy atom. The molecule has 2 unspecified atom stereocenters. The number of fused-ring (bicyclic) bond motifs is 2. The molecule has 1 saturated heterocycles. The number of rotatable bonds is 4. The van der Waals surface area contributed by atoms with Crippen molar-refractivity contribution >= 4 is 47.0 Å². The third-order valence-electron chi connectivity index (χ3n) is 4.81. The Labute approximate surface area is 174 Å². The maximum absolute atomic E-state index is 13.2. The first kappa shape index (κ1) is 18.1. The molecule has 0 radical (unpaired) electrons. The molecule has 0 aromatic heterocycles. The molecule has 5 aliphatic rings. The van der Waals surface area contributed by atoms with E-state index in [-0.39, 0.29) is 17.4 Å². The van der Waals surface area contributed by atoms with Crippen molar-refractivity contribution in [3.05, 3.63) is 64.7 Å². The van der Waals surface area contributed by atoms with Crippen LogP contribution in [0.5, 0.6) is 5.75 Å². The Morgan fingerprint density at radius 2 is 2.03 bits per heavy atom. The van der Waals surface area contributed by atoms with E-state index in [9.17, 15) is 19.5 Å². The molecule has 0 aliphatic carbocycles. The number of amides is 2. The van der Waals surface area contributed by atoms with Crippen LogP contribution < -0.4 is 15.0 Å².